The van der Waals surface area contributed by atoms with Gasteiger partial charge in [0.05, 0.1) is 15.6 Å². The van der Waals surface area contributed by atoms with E-state index in [9.17, 15) is 18.0 Å². The number of ether oxygens (including phenoxy) is 1. The summed E-state index contributed by atoms with van der Waals surface area (Å²) in [4.78, 5) is 26.8. The highest BCUT2D eigenvalue weighted by Gasteiger charge is 2.24. The van der Waals surface area contributed by atoms with E-state index in [0.717, 1.165) is 23.3 Å². The number of nitrogens with zero attached hydrogens (tertiary/aromatic N) is 1. The molecule has 2 aromatic carbocycles. The average Bonchev–Trinajstić information content (AvgIpc) is 3.24. The molecule has 4 rings (SSSR count). The number of thiophene rings is 1. The molecule has 1 aliphatic heterocycles. The van der Waals surface area contributed by atoms with Gasteiger partial charge in [-0.2, -0.15) is 0 Å². The van der Waals surface area contributed by atoms with Crippen molar-refractivity contribution in [2.75, 3.05) is 17.9 Å². The Kier molecular flexibility index (Phi) is 6.50. The Morgan fingerprint density at radius 1 is 1.03 bits per heavy atom. The van der Waals surface area contributed by atoms with Crippen LogP contribution in [0.5, 0.6) is 0 Å². The van der Waals surface area contributed by atoms with Gasteiger partial charge in [0.2, 0.25) is 0 Å². The lowest BCUT2D eigenvalue weighted by molar-refractivity contribution is -0.135. The maximum atomic E-state index is 12.6. The van der Waals surface area contributed by atoms with Gasteiger partial charge in [-0.05, 0) is 41.8 Å². The summed E-state index contributed by atoms with van der Waals surface area (Å²) in [6.45, 7) is 0.585. The normalized spacial score (nSPS) is 13.3. The van der Waals surface area contributed by atoms with E-state index < -0.39 is 22.6 Å². The fourth-order valence-electron chi connectivity index (χ4n) is 3.39. The number of benzene rings is 2. The van der Waals surface area contributed by atoms with Gasteiger partial charge in [-0.15, -0.1) is 11.3 Å². The molecule has 10 heteroatoms. The summed E-state index contributed by atoms with van der Waals surface area (Å²) in [5.41, 5.74) is 2.35. The van der Waals surface area contributed by atoms with Crippen molar-refractivity contribution in [2.24, 2.45) is 0 Å². The zero-order valence-electron chi connectivity index (χ0n) is 16.8. The van der Waals surface area contributed by atoms with Crippen LogP contribution in [0, 0.1) is 0 Å². The maximum Gasteiger partial charge on any atom is 0.340 e. The van der Waals surface area contributed by atoms with Crippen LogP contribution < -0.4 is 4.72 Å². The van der Waals surface area contributed by atoms with Gasteiger partial charge >= 0.3 is 5.97 Å². The Labute approximate surface area is 194 Å². The van der Waals surface area contributed by atoms with E-state index in [0.29, 0.717) is 17.4 Å². The summed E-state index contributed by atoms with van der Waals surface area (Å²) in [6, 6.07) is 16.8. The Morgan fingerprint density at radius 2 is 1.75 bits per heavy atom. The molecule has 1 amide bonds. The number of hydrogen-bond donors (Lipinski definition) is 1. The Bertz CT molecular complexity index is 1270. The lowest BCUT2D eigenvalue weighted by Gasteiger charge is -2.28. The summed E-state index contributed by atoms with van der Waals surface area (Å²) >= 11 is 6.73. The number of esters is 1. The monoisotopic (exact) mass is 490 g/mol. The highest BCUT2D eigenvalue weighted by atomic mass is 35.5. The molecular weight excluding hydrogens is 472 g/mol. The molecule has 1 aliphatic rings. The van der Waals surface area contributed by atoms with E-state index in [2.05, 4.69) is 4.72 Å². The molecule has 1 aromatic heterocycles. The van der Waals surface area contributed by atoms with Crippen molar-refractivity contribution in [1.29, 1.82) is 0 Å². The molecule has 0 atom stereocenters. The van der Waals surface area contributed by atoms with Crippen molar-refractivity contribution in [3.63, 3.8) is 0 Å². The summed E-state index contributed by atoms with van der Waals surface area (Å²) in [7, 11) is -3.92. The van der Waals surface area contributed by atoms with Gasteiger partial charge in [0.25, 0.3) is 15.9 Å². The third-order valence-corrected chi connectivity index (χ3v) is 8.10. The molecule has 0 spiro atoms. The number of nitrogens with one attached hydrogen (secondary N) is 1. The summed E-state index contributed by atoms with van der Waals surface area (Å²) in [5.74, 6) is -1.10. The predicted molar refractivity (Wildman–Crippen MR) is 122 cm³/mol. The molecule has 0 fully saturated rings. The number of sulfonamides is 1. The van der Waals surface area contributed by atoms with Crippen LogP contribution in [0.25, 0.3) is 0 Å². The second-order valence-electron chi connectivity index (χ2n) is 7.12. The number of carbonyl (C=O) groups excluding carboxylic acids is 2. The minimum atomic E-state index is -3.92. The zero-order chi connectivity index (χ0) is 22.7. The average molecular weight is 491 g/mol. The second kappa shape index (κ2) is 9.32. The summed E-state index contributed by atoms with van der Waals surface area (Å²) < 4.78 is 33.1. The Morgan fingerprint density at radius 3 is 2.50 bits per heavy atom. The predicted octanol–water partition coefficient (Wildman–Crippen LogP) is 3.94. The second-order valence-corrected chi connectivity index (χ2v) is 10.7. The maximum absolute atomic E-state index is 12.6. The van der Waals surface area contributed by atoms with Crippen LogP contribution >= 0.6 is 22.9 Å². The van der Waals surface area contributed by atoms with E-state index >= 15 is 0 Å². The molecule has 166 valence electrons. The van der Waals surface area contributed by atoms with Gasteiger partial charge in [-0.25, -0.2) is 13.2 Å². The van der Waals surface area contributed by atoms with Crippen molar-refractivity contribution >= 4 is 50.5 Å². The molecule has 0 radical (unpaired) electrons. The highest BCUT2D eigenvalue weighted by Crippen LogP contribution is 2.28. The molecule has 1 N–H and O–H groups in total. The standard InChI is InChI=1S/C22H19ClN2O5S2/c23-19-9-10-21(31-19)32(28,29)24-18-8-4-3-7-17(18)22(27)30-14-20(26)25-12-11-15-5-1-2-6-16(15)13-25/h1-10,24H,11-14H2. The number of carbonyl (C=O) groups is 2. The third kappa shape index (κ3) is 4.95. The van der Waals surface area contributed by atoms with Crippen molar-refractivity contribution < 1.29 is 22.7 Å². The third-order valence-electron chi connectivity index (χ3n) is 5.01. The molecule has 2 heterocycles. The molecule has 0 unspecified atom stereocenters. The zero-order valence-corrected chi connectivity index (χ0v) is 19.2. The lowest BCUT2D eigenvalue weighted by Crippen LogP contribution is -2.38. The van der Waals surface area contributed by atoms with Gasteiger partial charge in [0.15, 0.2) is 6.61 Å². The van der Waals surface area contributed by atoms with Crippen LogP contribution in [-0.4, -0.2) is 38.3 Å². The number of hydrogen-bond acceptors (Lipinski definition) is 6. The molecular formula is C22H19ClN2O5S2. The minimum Gasteiger partial charge on any atom is -0.452 e. The fourth-order valence-corrected chi connectivity index (χ4v) is 5.95. The number of para-hydroxylation sites is 1. The van der Waals surface area contributed by atoms with Crippen LogP contribution in [0.4, 0.5) is 5.69 Å². The van der Waals surface area contributed by atoms with Crippen molar-refractivity contribution in [1.82, 2.24) is 4.90 Å². The number of rotatable bonds is 6. The van der Waals surface area contributed by atoms with E-state index in [1.807, 2.05) is 24.3 Å². The SMILES string of the molecule is O=C(OCC(=O)N1CCc2ccccc2C1)c1ccccc1NS(=O)(=O)c1ccc(Cl)s1. The first-order valence-corrected chi connectivity index (χ1v) is 12.4. The fraction of sp³-hybridized carbons (Fsp3) is 0.182. The smallest absolute Gasteiger partial charge is 0.340 e. The molecule has 3 aromatic rings. The minimum absolute atomic E-state index is 0.00974. The van der Waals surface area contributed by atoms with Gasteiger partial charge in [-0.3, -0.25) is 9.52 Å². The summed E-state index contributed by atoms with van der Waals surface area (Å²) in [5, 5.41) is 0. The van der Waals surface area contributed by atoms with E-state index in [1.54, 1.807) is 17.0 Å². The Balaban J connectivity index is 1.42. The number of anilines is 1. The first kappa shape index (κ1) is 22.3. The van der Waals surface area contributed by atoms with Crippen LogP contribution in [0.2, 0.25) is 4.34 Å². The van der Waals surface area contributed by atoms with Crippen LogP contribution in [0.1, 0.15) is 21.5 Å². The molecule has 0 saturated heterocycles. The van der Waals surface area contributed by atoms with Gasteiger partial charge in [-0.1, -0.05) is 48.0 Å². The molecule has 0 bridgehead atoms. The molecule has 32 heavy (non-hydrogen) atoms. The molecule has 0 saturated carbocycles. The largest absolute Gasteiger partial charge is 0.452 e. The number of fused-ring (bicyclic) bond motifs is 1. The molecule has 0 aliphatic carbocycles. The van der Waals surface area contributed by atoms with Crippen molar-refractivity contribution in [3.8, 4) is 0 Å². The van der Waals surface area contributed by atoms with Gasteiger partial charge in [0, 0.05) is 13.1 Å². The van der Waals surface area contributed by atoms with Crippen LogP contribution in [0.15, 0.2) is 64.9 Å². The van der Waals surface area contributed by atoms with Crippen molar-refractivity contribution in [2.45, 2.75) is 17.2 Å². The van der Waals surface area contributed by atoms with Crippen molar-refractivity contribution in [3.05, 3.63) is 81.7 Å². The number of amides is 1. The first-order valence-electron chi connectivity index (χ1n) is 9.72. The van der Waals surface area contributed by atoms with E-state index in [-0.39, 0.29) is 21.4 Å². The number of halogens is 1. The van der Waals surface area contributed by atoms with E-state index in [4.69, 9.17) is 16.3 Å². The van der Waals surface area contributed by atoms with Crippen LogP contribution in [0.3, 0.4) is 0 Å². The highest BCUT2D eigenvalue weighted by molar-refractivity contribution is 7.94. The quantitative estimate of drug-likeness (QED) is 0.528. The molecule has 7 nitrogen and oxygen atoms in total. The summed E-state index contributed by atoms with van der Waals surface area (Å²) in [6.07, 6.45) is 0.743. The topological polar surface area (TPSA) is 92.8 Å². The Hall–Kier alpha value is -2.88. The van der Waals surface area contributed by atoms with Gasteiger partial charge < -0.3 is 9.64 Å². The van der Waals surface area contributed by atoms with Crippen LogP contribution in [-0.2, 0) is 32.5 Å². The first-order chi connectivity index (χ1) is 15.3. The van der Waals surface area contributed by atoms with Gasteiger partial charge in [0.1, 0.15) is 4.21 Å². The van der Waals surface area contributed by atoms with E-state index in [1.165, 1.54) is 29.8 Å². The lowest BCUT2D eigenvalue weighted by atomic mass is 10.00.